The van der Waals surface area contributed by atoms with Gasteiger partial charge in [0, 0.05) is 21.6 Å². The molecule has 1 N–H and O–H groups in total. The Labute approximate surface area is 181 Å². The maximum absolute atomic E-state index is 14.2. The SMILES string of the molecule is COc1cc2c(Nc3ccc(Br)cc3F)ncnc2cc1OCc1cccc(C)n1. The summed E-state index contributed by atoms with van der Waals surface area (Å²) in [5.41, 5.74) is 2.68. The number of benzene rings is 2. The molecule has 0 aliphatic carbocycles. The number of fused-ring (bicyclic) bond motifs is 1. The molecule has 4 rings (SSSR count). The normalized spacial score (nSPS) is 10.8. The summed E-state index contributed by atoms with van der Waals surface area (Å²) in [6.07, 6.45) is 1.42. The fourth-order valence-electron chi connectivity index (χ4n) is 2.99. The number of hydrogen-bond acceptors (Lipinski definition) is 6. The molecule has 0 aliphatic rings. The molecule has 2 heterocycles. The molecule has 2 aromatic heterocycles. The molecular formula is C22H18BrFN4O2. The molecule has 0 saturated carbocycles. The van der Waals surface area contributed by atoms with Crippen molar-refractivity contribution in [1.29, 1.82) is 0 Å². The van der Waals surface area contributed by atoms with Crippen molar-refractivity contribution < 1.29 is 13.9 Å². The van der Waals surface area contributed by atoms with Crippen LogP contribution in [0.15, 0.2) is 59.3 Å². The Bertz CT molecular complexity index is 1220. The van der Waals surface area contributed by atoms with Gasteiger partial charge in [-0.2, -0.15) is 0 Å². The van der Waals surface area contributed by atoms with E-state index in [-0.39, 0.29) is 0 Å². The summed E-state index contributed by atoms with van der Waals surface area (Å²) >= 11 is 3.26. The lowest BCUT2D eigenvalue weighted by Gasteiger charge is -2.14. The number of nitrogens with zero attached hydrogens (tertiary/aromatic N) is 3. The standard InChI is InChI=1S/C22H18BrFN4O2/c1-13-4-3-5-15(27-13)11-30-21-10-19-16(9-20(21)29-2)22(26-12-25-19)28-18-7-6-14(23)8-17(18)24/h3-10,12H,11H2,1-2H3,(H,25,26,28). The van der Waals surface area contributed by atoms with Crippen molar-refractivity contribution in [3.63, 3.8) is 0 Å². The highest BCUT2D eigenvalue weighted by Crippen LogP contribution is 2.35. The second-order valence-electron chi connectivity index (χ2n) is 6.55. The maximum Gasteiger partial charge on any atom is 0.163 e. The number of ether oxygens (including phenoxy) is 2. The van der Waals surface area contributed by atoms with Crippen molar-refractivity contribution in [2.45, 2.75) is 13.5 Å². The Morgan fingerprint density at radius 2 is 1.93 bits per heavy atom. The highest BCUT2D eigenvalue weighted by Gasteiger charge is 2.13. The maximum atomic E-state index is 14.2. The van der Waals surface area contributed by atoms with Crippen LogP contribution in [0.3, 0.4) is 0 Å². The third kappa shape index (κ3) is 4.33. The van der Waals surface area contributed by atoms with Crippen molar-refractivity contribution in [1.82, 2.24) is 15.0 Å². The topological polar surface area (TPSA) is 69.2 Å². The Morgan fingerprint density at radius 3 is 2.70 bits per heavy atom. The molecule has 6 nitrogen and oxygen atoms in total. The van der Waals surface area contributed by atoms with Crippen LogP contribution in [-0.4, -0.2) is 22.1 Å². The number of methoxy groups -OCH3 is 1. The summed E-state index contributed by atoms with van der Waals surface area (Å²) in [6.45, 7) is 2.23. The second-order valence-corrected chi connectivity index (χ2v) is 7.47. The van der Waals surface area contributed by atoms with Gasteiger partial charge in [-0.25, -0.2) is 14.4 Å². The quantitative estimate of drug-likeness (QED) is 0.399. The molecule has 0 saturated heterocycles. The number of hydrogen-bond donors (Lipinski definition) is 1. The van der Waals surface area contributed by atoms with Gasteiger partial charge in [0.1, 0.15) is 24.6 Å². The van der Waals surface area contributed by atoms with E-state index in [0.717, 1.165) is 11.4 Å². The first-order valence-electron chi connectivity index (χ1n) is 9.13. The Morgan fingerprint density at radius 1 is 1.07 bits per heavy atom. The van der Waals surface area contributed by atoms with E-state index < -0.39 is 5.82 Å². The zero-order chi connectivity index (χ0) is 21.1. The van der Waals surface area contributed by atoms with Crippen LogP contribution in [0.2, 0.25) is 0 Å². The fraction of sp³-hybridized carbons (Fsp3) is 0.136. The lowest BCUT2D eigenvalue weighted by Crippen LogP contribution is -2.02. The minimum absolute atomic E-state index is 0.295. The van der Waals surface area contributed by atoms with Gasteiger partial charge in [0.25, 0.3) is 0 Å². The molecule has 30 heavy (non-hydrogen) atoms. The summed E-state index contributed by atoms with van der Waals surface area (Å²) in [7, 11) is 1.56. The monoisotopic (exact) mass is 468 g/mol. The van der Waals surface area contributed by atoms with E-state index in [0.29, 0.717) is 45.0 Å². The van der Waals surface area contributed by atoms with Crippen LogP contribution in [0.25, 0.3) is 10.9 Å². The summed E-state index contributed by atoms with van der Waals surface area (Å²) in [4.78, 5) is 13.0. The van der Waals surface area contributed by atoms with E-state index in [9.17, 15) is 4.39 Å². The third-order valence-electron chi connectivity index (χ3n) is 4.43. The van der Waals surface area contributed by atoms with Gasteiger partial charge in [-0.1, -0.05) is 22.0 Å². The molecule has 0 amide bonds. The van der Waals surface area contributed by atoms with Crippen molar-refractivity contribution in [3.05, 3.63) is 76.5 Å². The van der Waals surface area contributed by atoms with E-state index in [1.807, 2.05) is 25.1 Å². The van der Waals surface area contributed by atoms with Gasteiger partial charge in [0.2, 0.25) is 0 Å². The smallest absolute Gasteiger partial charge is 0.163 e. The molecule has 0 aliphatic heterocycles. The Hall–Kier alpha value is -3.26. The molecule has 0 bridgehead atoms. The first-order valence-corrected chi connectivity index (χ1v) is 9.93. The van der Waals surface area contributed by atoms with Crippen molar-refractivity contribution in [3.8, 4) is 11.5 Å². The molecule has 2 aromatic carbocycles. The first-order chi connectivity index (χ1) is 14.5. The van der Waals surface area contributed by atoms with E-state index in [2.05, 4.69) is 36.2 Å². The third-order valence-corrected chi connectivity index (χ3v) is 4.92. The lowest BCUT2D eigenvalue weighted by molar-refractivity contribution is 0.281. The molecule has 0 unspecified atom stereocenters. The number of pyridine rings is 1. The highest BCUT2D eigenvalue weighted by molar-refractivity contribution is 9.10. The predicted molar refractivity (Wildman–Crippen MR) is 117 cm³/mol. The molecule has 0 atom stereocenters. The zero-order valence-corrected chi connectivity index (χ0v) is 17.9. The highest BCUT2D eigenvalue weighted by atomic mass is 79.9. The number of rotatable bonds is 6. The average molecular weight is 469 g/mol. The summed E-state index contributed by atoms with van der Waals surface area (Å²) in [5, 5.41) is 3.70. The molecular weight excluding hydrogens is 451 g/mol. The molecule has 0 radical (unpaired) electrons. The summed E-state index contributed by atoms with van der Waals surface area (Å²) in [6, 6.07) is 14.1. The lowest BCUT2D eigenvalue weighted by atomic mass is 10.2. The van der Waals surface area contributed by atoms with Gasteiger partial charge in [-0.15, -0.1) is 0 Å². The molecule has 152 valence electrons. The summed E-state index contributed by atoms with van der Waals surface area (Å²) in [5.74, 6) is 1.12. The molecule has 8 heteroatoms. The molecule has 0 fully saturated rings. The van der Waals surface area contributed by atoms with Crippen molar-refractivity contribution in [2.75, 3.05) is 12.4 Å². The van der Waals surface area contributed by atoms with Crippen molar-refractivity contribution in [2.24, 2.45) is 0 Å². The Balaban J connectivity index is 1.66. The van der Waals surface area contributed by atoms with Gasteiger partial charge >= 0.3 is 0 Å². The van der Waals surface area contributed by atoms with Gasteiger partial charge in [0.15, 0.2) is 11.5 Å². The largest absolute Gasteiger partial charge is 0.493 e. The van der Waals surface area contributed by atoms with Crippen LogP contribution in [0.5, 0.6) is 11.5 Å². The minimum Gasteiger partial charge on any atom is -0.493 e. The number of halogens is 2. The van der Waals surface area contributed by atoms with E-state index in [1.54, 1.807) is 31.4 Å². The van der Waals surface area contributed by atoms with Crippen LogP contribution in [-0.2, 0) is 6.61 Å². The van der Waals surface area contributed by atoms with Crippen LogP contribution in [0.4, 0.5) is 15.9 Å². The van der Waals surface area contributed by atoms with E-state index >= 15 is 0 Å². The van der Waals surface area contributed by atoms with Crippen molar-refractivity contribution >= 4 is 38.3 Å². The van der Waals surface area contributed by atoms with Gasteiger partial charge < -0.3 is 14.8 Å². The number of aryl methyl sites for hydroxylation is 1. The molecule has 4 aromatic rings. The number of anilines is 2. The number of aromatic nitrogens is 3. The average Bonchev–Trinajstić information content (AvgIpc) is 2.74. The van der Waals surface area contributed by atoms with Gasteiger partial charge in [0.05, 0.1) is 24.0 Å². The first kappa shape index (κ1) is 20.0. The van der Waals surface area contributed by atoms with E-state index in [1.165, 1.54) is 12.4 Å². The van der Waals surface area contributed by atoms with E-state index in [4.69, 9.17) is 9.47 Å². The minimum atomic E-state index is -0.395. The van der Waals surface area contributed by atoms with Crippen LogP contribution in [0, 0.1) is 12.7 Å². The predicted octanol–water partition coefficient (Wildman–Crippen LogP) is 5.57. The van der Waals surface area contributed by atoms with Gasteiger partial charge in [-0.05, 0) is 43.3 Å². The van der Waals surface area contributed by atoms with Crippen LogP contribution < -0.4 is 14.8 Å². The van der Waals surface area contributed by atoms with Gasteiger partial charge in [-0.3, -0.25) is 4.98 Å². The number of nitrogens with one attached hydrogen (secondary N) is 1. The fourth-order valence-corrected chi connectivity index (χ4v) is 3.32. The van der Waals surface area contributed by atoms with Crippen LogP contribution in [0.1, 0.15) is 11.4 Å². The second kappa shape index (κ2) is 8.62. The van der Waals surface area contributed by atoms with Crippen LogP contribution >= 0.6 is 15.9 Å². The Kier molecular flexibility index (Phi) is 5.76. The summed E-state index contributed by atoms with van der Waals surface area (Å²) < 4.78 is 26.3. The zero-order valence-electron chi connectivity index (χ0n) is 16.3. The molecule has 0 spiro atoms.